The fourth-order valence-electron chi connectivity index (χ4n) is 4.38. The van der Waals surface area contributed by atoms with Crippen LogP contribution in [0.2, 0.25) is 5.02 Å². The molecule has 2 fully saturated rings. The quantitative estimate of drug-likeness (QED) is 0.725. The van der Waals surface area contributed by atoms with E-state index < -0.39 is 0 Å². The fraction of sp³-hybridized carbons (Fsp3) is 0.478. The first-order valence-corrected chi connectivity index (χ1v) is 10.9. The average molecular weight is 414 g/mol. The van der Waals surface area contributed by atoms with Gasteiger partial charge in [0, 0.05) is 32.4 Å². The number of halogens is 1. The number of anilines is 1. The summed E-state index contributed by atoms with van der Waals surface area (Å²) in [6, 6.07) is 10.1. The molecule has 154 valence electrons. The molecule has 0 radical (unpaired) electrons. The number of nitrogens with zero attached hydrogens (tertiary/aromatic N) is 3. The highest BCUT2D eigenvalue weighted by Gasteiger charge is 2.25. The molecule has 0 spiro atoms. The van der Waals surface area contributed by atoms with E-state index in [1.165, 1.54) is 12.0 Å². The molecule has 0 unspecified atom stereocenters. The minimum atomic E-state index is 0.0439. The van der Waals surface area contributed by atoms with Crippen molar-refractivity contribution in [2.75, 3.05) is 38.2 Å². The Balaban J connectivity index is 1.41. The topological polar surface area (TPSA) is 45.7 Å². The van der Waals surface area contributed by atoms with Crippen LogP contribution in [0.4, 0.5) is 5.82 Å². The zero-order valence-electron chi connectivity index (χ0n) is 16.9. The summed E-state index contributed by atoms with van der Waals surface area (Å²) in [5.41, 5.74) is 1.91. The monoisotopic (exact) mass is 413 g/mol. The highest BCUT2D eigenvalue weighted by molar-refractivity contribution is 6.33. The van der Waals surface area contributed by atoms with E-state index in [0.717, 1.165) is 63.4 Å². The molecule has 1 aromatic heterocycles. The van der Waals surface area contributed by atoms with Crippen molar-refractivity contribution < 1.29 is 9.53 Å². The SMILES string of the molecule is COc1cccc(C2CCN(c3ncc(C(=O)N4CCCCC4)cc3Cl)CC2)c1. The molecular weight excluding hydrogens is 386 g/mol. The van der Waals surface area contributed by atoms with Gasteiger partial charge in [0.25, 0.3) is 5.91 Å². The predicted octanol–water partition coefficient (Wildman–Crippen LogP) is 4.75. The second-order valence-electron chi connectivity index (χ2n) is 7.92. The van der Waals surface area contributed by atoms with Crippen LogP contribution in [0.15, 0.2) is 36.5 Å². The van der Waals surface area contributed by atoms with Gasteiger partial charge in [0.1, 0.15) is 11.6 Å². The number of methoxy groups -OCH3 is 1. The second-order valence-corrected chi connectivity index (χ2v) is 8.33. The third-order valence-corrected chi connectivity index (χ3v) is 6.35. The van der Waals surface area contributed by atoms with Gasteiger partial charge in [-0.05, 0) is 61.8 Å². The van der Waals surface area contributed by atoms with E-state index in [-0.39, 0.29) is 5.91 Å². The molecule has 2 saturated heterocycles. The van der Waals surface area contributed by atoms with Crippen molar-refractivity contribution in [3.63, 3.8) is 0 Å². The Bertz CT molecular complexity index is 859. The minimum absolute atomic E-state index is 0.0439. The van der Waals surface area contributed by atoms with E-state index in [1.54, 1.807) is 19.4 Å². The summed E-state index contributed by atoms with van der Waals surface area (Å²) in [6.07, 6.45) is 7.12. The van der Waals surface area contributed by atoms with Crippen molar-refractivity contribution in [3.8, 4) is 5.75 Å². The van der Waals surface area contributed by atoms with Crippen LogP contribution in [0.25, 0.3) is 0 Å². The highest BCUT2D eigenvalue weighted by Crippen LogP contribution is 2.34. The second kappa shape index (κ2) is 9.04. The standard InChI is InChI=1S/C23H28ClN3O2/c1-29-20-7-5-6-18(14-20)17-8-12-26(13-9-17)22-21(24)15-19(16-25-22)23(28)27-10-3-2-4-11-27/h5-7,14-17H,2-4,8-13H2,1H3. The van der Waals surface area contributed by atoms with Crippen LogP contribution in [0.5, 0.6) is 5.75 Å². The van der Waals surface area contributed by atoms with Crippen molar-refractivity contribution in [1.29, 1.82) is 0 Å². The molecule has 0 N–H and O–H groups in total. The lowest BCUT2D eigenvalue weighted by molar-refractivity contribution is 0.0724. The van der Waals surface area contributed by atoms with Crippen LogP contribution < -0.4 is 9.64 Å². The zero-order chi connectivity index (χ0) is 20.2. The third-order valence-electron chi connectivity index (χ3n) is 6.07. The highest BCUT2D eigenvalue weighted by atomic mass is 35.5. The van der Waals surface area contributed by atoms with Gasteiger partial charge in [0.05, 0.1) is 17.7 Å². The van der Waals surface area contributed by atoms with Gasteiger partial charge < -0.3 is 14.5 Å². The Morgan fingerprint density at radius 2 is 1.86 bits per heavy atom. The van der Waals surface area contributed by atoms with Crippen LogP contribution in [-0.2, 0) is 0 Å². The Morgan fingerprint density at radius 1 is 1.10 bits per heavy atom. The molecule has 1 aromatic carbocycles. The number of piperidine rings is 2. The van der Waals surface area contributed by atoms with E-state index in [4.69, 9.17) is 16.3 Å². The molecule has 5 nitrogen and oxygen atoms in total. The molecule has 2 aliphatic rings. The van der Waals surface area contributed by atoms with Crippen LogP contribution in [0.3, 0.4) is 0 Å². The molecule has 0 aliphatic carbocycles. The van der Waals surface area contributed by atoms with E-state index in [1.807, 2.05) is 11.0 Å². The number of carbonyl (C=O) groups excluding carboxylic acids is 1. The van der Waals surface area contributed by atoms with Crippen molar-refractivity contribution in [1.82, 2.24) is 9.88 Å². The van der Waals surface area contributed by atoms with E-state index >= 15 is 0 Å². The number of benzene rings is 1. The zero-order valence-corrected chi connectivity index (χ0v) is 17.7. The molecule has 29 heavy (non-hydrogen) atoms. The number of ether oxygens (including phenoxy) is 1. The first-order chi connectivity index (χ1) is 14.2. The molecular formula is C23H28ClN3O2. The summed E-state index contributed by atoms with van der Waals surface area (Å²) in [4.78, 5) is 21.4. The van der Waals surface area contributed by atoms with Gasteiger partial charge in [-0.2, -0.15) is 0 Å². The van der Waals surface area contributed by atoms with E-state index in [0.29, 0.717) is 16.5 Å². The van der Waals surface area contributed by atoms with Crippen molar-refractivity contribution >= 4 is 23.3 Å². The van der Waals surface area contributed by atoms with Gasteiger partial charge in [-0.3, -0.25) is 4.79 Å². The number of aromatic nitrogens is 1. The maximum Gasteiger partial charge on any atom is 0.255 e. The predicted molar refractivity (Wildman–Crippen MR) is 116 cm³/mol. The third kappa shape index (κ3) is 4.50. The van der Waals surface area contributed by atoms with Gasteiger partial charge in [-0.25, -0.2) is 4.98 Å². The maximum absolute atomic E-state index is 12.7. The summed E-state index contributed by atoms with van der Waals surface area (Å²) in [5.74, 6) is 2.25. The number of rotatable bonds is 4. The average Bonchev–Trinajstić information content (AvgIpc) is 2.79. The number of carbonyl (C=O) groups is 1. The Hall–Kier alpha value is -2.27. The molecule has 2 aliphatic heterocycles. The van der Waals surface area contributed by atoms with E-state index in [2.05, 4.69) is 28.1 Å². The molecule has 6 heteroatoms. The molecule has 2 aromatic rings. The van der Waals surface area contributed by atoms with Gasteiger partial charge >= 0.3 is 0 Å². The molecule has 1 amide bonds. The summed E-state index contributed by atoms with van der Waals surface area (Å²) >= 11 is 6.55. The van der Waals surface area contributed by atoms with Gasteiger partial charge in [-0.15, -0.1) is 0 Å². The lowest BCUT2D eigenvalue weighted by Gasteiger charge is -2.33. The lowest BCUT2D eigenvalue weighted by Crippen LogP contribution is -2.36. The molecule has 3 heterocycles. The van der Waals surface area contributed by atoms with Gasteiger partial charge in [0.15, 0.2) is 0 Å². The van der Waals surface area contributed by atoms with Crippen LogP contribution in [0, 0.1) is 0 Å². The van der Waals surface area contributed by atoms with Gasteiger partial charge in [-0.1, -0.05) is 23.7 Å². The summed E-state index contributed by atoms with van der Waals surface area (Å²) < 4.78 is 5.36. The normalized spacial score (nSPS) is 18.0. The Labute approximate surface area is 177 Å². The number of hydrogen-bond donors (Lipinski definition) is 0. The first kappa shape index (κ1) is 20.0. The number of hydrogen-bond acceptors (Lipinski definition) is 4. The molecule has 0 saturated carbocycles. The Morgan fingerprint density at radius 3 is 2.55 bits per heavy atom. The number of likely N-dealkylation sites (tertiary alicyclic amines) is 1. The first-order valence-electron chi connectivity index (χ1n) is 10.5. The summed E-state index contributed by atoms with van der Waals surface area (Å²) in [6.45, 7) is 3.45. The molecule has 4 rings (SSSR count). The maximum atomic E-state index is 12.7. The van der Waals surface area contributed by atoms with Crippen molar-refractivity contribution in [2.24, 2.45) is 0 Å². The molecule has 0 bridgehead atoms. The van der Waals surface area contributed by atoms with Crippen molar-refractivity contribution in [2.45, 2.75) is 38.0 Å². The Kier molecular flexibility index (Phi) is 6.24. The van der Waals surface area contributed by atoms with Gasteiger partial charge in [0.2, 0.25) is 0 Å². The molecule has 0 atom stereocenters. The summed E-state index contributed by atoms with van der Waals surface area (Å²) in [7, 11) is 1.70. The van der Waals surface area contributed by atoms with E-state index in [9.17, 15) is 4.79 Å². The van der Waals surface area contributed by atoms with Crippen LogP contribution in [-0.4, -0.2) is 49.1 Å². The smallest absolute Gasteiger partial charge is 0.255 e. The lowest BCUT2D eigenvalue weighted by atomic mass is 9.89. The van der Waals surface area contributed by atoms with Crippen LogP contribution >= 0.6 is 11.6 Å². The fourth-order valence-corrected chi connectivity index (χ4v) is 4.67. The van der Waals surface area contributed by atoms with Crippen molar-refractivity contribution in [3.05, 3.63) is 52.7 Å². The van der Waals surface area contributed by atoms with Crippen LogP contribution in [0.1, 0.15) is 53.9 Å². The largest absolute Gasteiger partial charge is 0.497 e. The summed E-state index contributed by atoms with van der Waals surface area (Å²) in [5, 5.41) is 0.563. The number of amides is 1. The number of pyridine rings is 1. The minimum Gasteiger partial charge on any atom is -0.497 e.